The molecule has 1 fully saturated rings. The van der Waals surface area contributed by atoms with E-state index in [0.717, 1.165) is 17.2 Å². The lowest BCUT2D eigenvalue weighted by molar-refractivity contribution is 0.101. The Bertz CT molecular complexity index is 736. The summed E-state index contributed by atoms with van der Waals surface area (Å²) >= 11 is 0. The van der Waals surface area contributed by atoms with Gasteiger partial charge in [0, 0.05) is 29.1 Å². The maximum absolute atomic E-state index is 11.5. The molecule has 25 heavy (non-hydrogen) atoms. The molecule has 3 rings (SSSR count). The van der Waals surface area contributed by atoms with Crippen molar-refractivity contribution >= 4 is 23.2 Å². The maximum Gasteiger partial charge on any atom is 0.225 e. The molecule has 1 aromatic carbocycles. The summed E-state index contributed by atoms with van der Waals surface area (Å²) in [6, 6.07) is 9.84. The highest BCUT2D eigenvalue weighted by Crippen LogP contribution is 2.22. The Balaban J connectivity index is 1.74. The molecule has 0 spiro atoms. The summed E-state index contributed by atoms with van der Waals surface area (Å²) in [6.45, 7) is 3.54. The first-order valence-corrected chi connectivity index (χ1v) is 9.10. The third-order valence-corrected chi connectivity index (χ3v) is 4.58. The number of nitrogens with one attached hydrogen (secondary N) is 2. The normalized spacial score (nSPS) is 15.4. The fourth-order valence-electron chi connectivity index (χ4n) is 3.27. The Labute approximate surface area is 149 Å². The van der Waals surface area contributed by atoms with Gasteiger partial charge in [0.05, 0.1) is 0 Å². The average Bonchev–Trinajstić information content (AvgIpc) is 2.83. The molecule has 5 nitrogen and oxygen atoms in total. The van der Waals surface area contributed by atoms with Gasteiger partial charge in [-0.3, -0.25) is 4.79 Å². The summed E-state index contributed by atoms with van der Waals surface area (Å²) in [7, 11) is 0. The van der Waals surface area contributed by atoms with E-state index in [4.69, 9.17) is 0 Å². The predicted octanol–water partition coefficient (Wildman–Crippen LogP) is 4.87. The van der Waals surface area contributed by atoms with E-state index in [1.54, 1.807) is 6.92 Å². The molecule has 0 unspecified atom stereocenters. The molecule has 1 aliphatic carbocycles. The molecule has 1 aliphatic rings. The number of ketones is 1. The molecule has 1 aromatic heterocycles. The van der Waals surface area contributed by atoms with E-state index in [-0.39, 0.29) is 5.78 Å². The standard InChI is InChI=1S/C20H26N4O/c1-14-12-19(22-18-11-7-8-16(13-18)15(2)25)24-20(21-14)23-17-9-5-3-4-6-10-17/h7-8,11-13,17H,3-6,9-10H2,1-2H3,(H2,21,22,23,24). The van der Waals surface area contributed by atoms with Crippen LogP contribution in [0.2, 0.25) is 0 Å². The zero-order chi connectivity index (χ0) is 17.6. The van der Waals surface area contributed by atoms with Crippen LogP contribution in [0.1, 0.15) is 61.5 Å². The van der Waals surface area contributed by atoms with Crippen molar-refractivity contribution in [2.24, 2.45) is 0 Å². The topological polar surface area (TPSA) is 66.9 Å². The first-order chi connectivity index (χ1) is 12.1. The quantitative estimate of drug-likeness (QED) is 0.601. The lowest BCUT2D eigenvalue weighted by Crippen LogP contribution is -2.20. The molecule has 0 bridgehead atoms. The van der Waals surface area contributed by atoms with Crippen LogP contribution >= 0.6 is 0 Å². The van der Waals surface area contributed by atoms with Crippen LogP contribution in [0.15, 0.2) is 30.3 Å². The van der Waals surface area contributed by atoms with Gasteiger partial charge in [0.15, 0.2) is 5.78 Å². The molecule has 1 saturated carbocycles. The van der Waals surface area contributed by atoms with E-state index in [1.807, 2.05) is 37.3 Å². The van der Waals surface area contributed by atoms with Crippen LogP contribution in [-0.4, -0.2) is 21.8 Å². The second-order valence-electron chi connectivity index (χ2n) is 6.81. The number of hydrogen-bond acceptors (Lipinski definition) is 5. The van der Waals surface area contributed by atoms with Crippen molar-refractivity contribution in [3.8, 4) is 0 Å². The monoisotopic (exact) mass is 338 g/mol. The van der Waals surface area contributed by atoms with Crippen LogP contribution in [0.3, 0.4) is 0 Å². The zero-order valence-corrected chi connectivity index (χ0v) is 15.0. The molecular formula is C20H26N4O. The number of nitrogens with zero attached hydrogens (tertiary/aromatic N) is 2. The van der Waals surface area contributed by atoms with Crippen molar-refractivity contribution in [2.75, 3.05) is 10.6 Å². The summed E-state index contributed by atoms with van der Waals surface area (Å²) in [5.74, 6) is 1.47. The molecule has 2 aromatic rings. The van der Waals surface area contributed by atoms with Gasteiger partial charge in [-0.25, -0.2) is 4.98 Å². The third-order valence-electron chi connectivity index (χ3n) is 4.58. The number of rotatable bonds is 5. The highest BCUT2D eigenvalue weighted by Gasteiger charge is 2.14. The molecule has 0 radical (unpaired) electrons. The van der Waals surface area contributed by atoms with Crippen LogP contribution in [-0.2, 0) is 0 Å². The van der Waals surface area contributed by atoms with E-state index in [2.05, 4.69) is 20.6 Å². The molecule has 0 saturated heterocycles. The largest absolute Gasteiger partial charge is 0.351 e. The van der Waals surface area contributed by atoms with Crippen molar-refractivity contribution in [2.45, 2.75) is 58.4 Å². The number of carbonyl (C=O) groups is 1. The number of Topliss-reactive ketones (excluding diaryl/α,β-unsaturated/α-hetero) is 1. The van der Waals surface area contributed by atoms with E-state index in [1.165, 1.54) is 38.5 Å². The van der Waals surface area contributed by atoms with Gasteiger partial charge in [-0.2, -0.15) is 4.98 Å². The fourth-order valence-corrected chi connectivity index (χ4v) is 3.27. The van der Waals surface area contributed by atoms with Crippen molar-refractivity contribution in [3.05, 3.63) is 41.6 Å². The molecule has 0 atom stereocenters. The number of carbonyl (C=O) groups excluding carboxylic acids is 1. The van der Waals surface area contributed by atoms with Gasteiger partial charge in [0.1, 0.15) is 5.82 Å². The van der Waals surface area contributed by atoms with Gasteiger partial charge in [-0.15, -0.1) is 0 Å². The number of anilines is 3. The van der Waals surface area contributed by atoms with Crippen LogP contribution in [0.25, 0.3) is 0 Å². The minimum absolute atomic E-state index is 0.0539. The van der Waals surface area contributed by atoms with Crippen LogP contribution in [0.4, 0.5) is 17.5 Å². The molecule has 0 aliphatic heterocycles. The lowest BCUT2D eigenvalue weighted by Gasteiger charge is -2.17. The van der Waals surface area contributed by atoms with Gasteiger partial charge in [0.25, 0.3) is 0 Å². The van der Waals surface area contributed by atoms with Gasteiger partial charge < -0.3 is 10.6 Å². The Kier molecular flexibility index (Phi) is 5.64. The summed E-state index contributed by atoms with van der Waals surface area (Å²) in [4.78, 5) is 20.7. The first-order valence-electron chi connectivity index (χ1n) is 9.10. The Morgan fingerprint density at radius 2 is 1.84 bits per heavy atom. The SMILES string of the molecule is CC(=O)c1cccc(Nc2cc(C)nc(NC3CCCCCC3)n2)c1. The minimum atomic E-state index is 0.0539. The second kappa shape index (κ2) is 8.10. The van der Waals surface area contributed by atoms with Gasteiger partial charge in [-0.1, -0.05) is 37.8 Å². The number of aryl methyl sites for hydroxylation is 1. The van der Waals surface area contributed by atoms with Crippen molar-refractivity contribution in [1.82, 2.24) is 9.97 Å². The molecule has 0 amide bonds. The second-order valence-corrected chi connectivity index (χ2v) is 6.81. The number of aromatic nitrogens is 2. The lowest BCUT2D eigenvalue weighted by atomic mass is 10.1. The Morgan fingerprint density at radius 3 is 2.56 bits per heavy atom. The predicted molar refractivity (Wildman–Crippen MR) is 102 cm³/mol. The Morgan fingerprint density at radius 1 is 1.08 bits per heavy atom. The van der Waals surface area contributed by atoms with Gasteiger partial charge >= 0.3 is 0 Å². The van der Waals surface area contributed by atoms with Gasteiger partial charge in [0.2, 0.25) is 5.95 Å². The maximum atomic E-state index is 11.5. The van der Waals surface area contributed by atoms with E-state index < -0.39 is 0 Å². The van der Waals surface area contributed by atoms with Crippen LogP contribution in [0, 0.1) is 6.92 Å². The first kappa shape index (κ1) is 17.4. The van der Waals surface area contributed by atoms with Gasteiger partial charge in [-0.05, 0) is 38.8 Å². The molecule has 132 valence electrons. The summed E-state index contributed by atoms with van der Waals surface area (Å²) in [5.41, 5.74) is 2.45. The van der Waals surface area contributed by atoms with Crippen molar-refractivity contribution < 1.29 is 4.79 Å². The number of hydrogen-bond donors (Lipinski definition) is 2. The summed E-state index contributed by atoms with van der Waals surface area (Å²) in [5, 5.41) is 6.79. The van der Waals surface area contributed by atoms with Crippen LogP contribution in [0.5, 0.6) is 0 Å². The highest BCUT2D eigenvalue weighted by molar-refractivity contribution is 5.95. The number of benzene rings is 1. The molecule has 1 heterocycles. The fraction of sp³-hybridized carbons (Fsp3) is 0.450. The highest BCUT2D eigenvalue weighted by atomic mass is 16.1. The minimum Gasteiger partial charge on any atom is -0.351 e. The summed E-state index contributed by atoms with van der Waals surface area (Å²) < 4.78 is 0. The van der Waals surface area contributed by atoms with E-state index in [0.29, 0.717) is 17.6 Å². The zero-order valence-electron chi connectivity index (χ0n) is 15.0. The molecule has 2 N–H and O–H groups in total. The van der Waals surface area contributed by atoms with E-state index >= 15 is 0 Å². The average molecular weight is 338 g/mol. The van der Waals surface area contributed by atoms with E-state index in [9.17, 15) is 4.79 Å². The summed E-state index contributed by atoms with van der Waals surface area (Å²) in [6.07, 6.45) is 7.55. The Hall–Kier alpha value is -2.43. The van der Waals surface area contributed by atoms with Crippen molar-refractivity contribution in [3.63, 3.8) is 0 Å². The van der Waals surface area contributed by atoms with Crippen LogP contribution < -0.4 is 10.6 Å². The van der Waals surface area contributed by atoms with Crippen molar-refractivity contribution in [1.29, 1.82) is 0 Å². The molecule has 5 heteroatoms. The molecular weight excluding hydrogens is 312 g/mol. The smallest absolute Gasteiger partial charge is 0.225 e. The third kappa shape index (κ3) is 5.02.